The molecule has 2 N–H and O–H groups in total. The molecule has 1 atom stereocenters. The molecule has 0 saturated heterocycles. The van der Waals surface area contributed by atoms with Crippen molar-refractivity contribution in [3.8, 4) is 0 Å². The van der Waals surface area contributed by atoms with Gasteiger partial charge in [-0.1, -0.05) is 13.8 Å². The van der Waals surface area contributed by atoms with Crippen molar-refractivity contribution in [2.45, 2.75) is 51.6 Å². The van der Waals surface area contributed by atoms with Crippen LogP contribution in [0, 0.1) is 0 Å². The van der Waals surface area contributed by atoms with E-state index < -0.39 is 5.97 Å². The number of carboxylic acids is 1. The SMILES string of the molecule is CCCN(CCC(NCC)C(=O)O)C1CC1. The van der Waals surface area contributed by atoms with Crippen LogP contribution in [-0.4, -0.2) is 47.7 Å². The molecular weight excluding hydrogens is 204 g/mol. The van der Waals surface area contributed by atoms with Gasteiger partial charge in [0.05, 0.1) is 0 Å². The Kier molecular flexibility index (Phi) is 5.77. The van der Waals surface area contributed by atoms with E-state index in [-0.39, 0.29) is 6.04 Å². The van der Waals surface area contributed by atoms with Gasteiger partial charge in [-0.05, 0) is 38.8 Å². The van der Waals surface area contributed by atoms with E-state index in [2.05, 4.69) is 17.1 Å². The zero-order valence-corrected chi connectivity index (χ0v) is 10.4. The van der Waals surface area contributed by atoms with E-state index in [1.807, 2.05) is 6.92 Å². The lowest BCUT2D eigenvalue weighted by Crippen LogP contribution is -2.40. The molecule has 0 bridgehead atoms. The van der Waals surface area contributed by atoms with Gasteiger partial charge in [0.2, 0.25) is 0 Å². The normalized spacial score (nSPS) is 17.7. The summed E-state index contributed by atoms with van der Waals surface area (Å²) in [5.74, 6) is -0.728. The smallest absolute Gasteiger partial charge is 0.320 e. The number of carboxylic acid groups (broad SMARTS) is 1. The van der Waals surface area contributed by atoms with Crippen LogP contribution in [0.4, 0.5) is 0 Å². The Morgan fingerprint density at radius 3 is 2.56 bits per heavy atom. The van der Waals surface area contributed by atoms with E-state index in [0.717, 1.165) is 25.6 Å². The number of likely N-dealkylation sites (N-methyl/N-ethyl adjacent to an activating group) is 1. The van der Waals surface area contributed by atoms with Gasteiger partial charge in [-0.2, -0.15) is 0 Å². The first-order chi connectivity index (χ1) is 7.69. The van der Waals surface area contributed by atoms with E-state index >= 15 is 0 Å². The zero-order valence-electron chi connectivity index (χ0n) is 10.4. The summed E-state index contributed by atoms with van der Waals surface area (Å²) in [7, 11) is 0. The molecular formula is C12H24N2O2. The molecule has 0 spiro atoms. The van der Waals surface area contributed by atoms with Crippen LogP contribution in [0.5, 0.6) is 0 Å². The lowest BCUT2D eigenvalue weighted by atomic mass is 10.2. The molecule has 0 aromatic rings. The van der Waals surface area contributed by atoms with Gasteiger partial charge >= 0.3 is 5.97 Å². The molecule has 0 aromatic carbocycles. The standard InChI is InChI=1S/C12H24N2O2/c1-3-8-14(10-5-6-10)9-7-11(12(15)16)13-4-2/h10-11,13H,3-9H2,1-2H3,(H,15,16). The summed E-state index contributed by atoms with van der Waals surface area (Å²) in [5.41, 5.74) is 0. The second kappa shape index (κ2) is 6.86. The molecule has 0 radical (unpaired) electrons. The van der Waals surface area contributed by atoms with Gasteiger partial charge in [-0.15, -0.1) is 0 Å². The molecule has 0 amide bonds. The van der Waals surface area contributed by atoms with Crippen molar-refractivity contribution in [1.29, 1.82) is 0 Å². The van der Waals surface area contributed by atoms with E-state index in [4.69, 9.17) is 5.11 Å². The minimum absolute atomic E-state index is 0.386. The molecule has 1 unspecified atom stereocenters. The van der Waals surface area contributed by atoms with Crippen molar-refractivity contribution in [2.75, 3.05) is 19.6 Å². The van der Waals surface area contributed by atoms with Crippen molar-refractivity contribution in [3.63, 3.8) is 0 Å². The Bertz CT molecular complexity index is 217. The zero-order chi connectivity index (χ0) is 12.0. The Morgan fingerprint density at radius 2 is 2.12 bits per heavy atom. The maximum absolute atomic E-state index is 11.0. The van der Waals surface area contributed by atoms with Crippen LogP contribution in [0.3, 0.4) is 0 Å². The van der Waals surface area contributed by atoms with Crippen LogP contribution in [0.25, 0.3) is 0 Å². The predicted molar refractivity (Wildman–Crippen MR) is 64.6 cm³/mol. The van der Waals surface area contributed by atoms with Crippen LogP contribution in [0.2, 0.25) is 0 Å². The van der Waals surface area contributed by atoms with Gasteiger partial charge in [0.15, 0.2) is 0 Å². The third-order valence-corrected chi connectivity index (χ3v) is 3.03. The summed E-state index contributed by atoms with van der Waals surface area (Å²) >= 11 is 0. The Balaban J connectivity index is 2.30. The van der Waals surface area contributed by atoms with Crippen LogP contribution in [-0.2, 0) is 4.79 Å². The highest BCUT2D eigenvalue weighted by Crippen LogP contribution is 2.27. The molecule has 0 heterocycles. The number of rotatable bonds is 9. The maximum atomic E-state index is 11.0. The van der Waals surface area contributed by atoms with E-state index in [0.29, 0.717) is 13.0 Å². The third-order valence-electron chi connectivity index (χ3n) is 3.03. The first-order valence-electron chi connectivity index (χ1n) is 6.39. The quantitative estimate of drug-likeness (QED) is 0.625. The summed E-state index contributed by atoms with van der Waals surface area (Å²) < 4.78 is 0. The van der Waals surface area contributed by atoms with Gasteiger partial charge in [0, 0.05) is 12.6 Å². The predicted octanol–water partition coefficient (Wildman–Crippen LogP) is 1.31. The van der Waals surface area contributed by atoms with Gasteiger partial charge in [0.25, 0.3) is 0 Å². The van der Waals surface area contributed by atoms with E-state index in [1.165, 1.54) is 12.8 Å². The average molecular weight is 228 g/mol. The van der Waals surface area contributed by atoms with E-state index in [9.17, 15) is 4.79 Å². The number of carbonyl (C=O) groups is 1. The Labute approximate surface area is 98.0 Å². The number of nitrogens with zero attached hydrogens (tertiary/aromatic N) is 1. The molecule has 1 aliphatic carbocycles. The Hall–Kier alpha value is -0.610. The minimum Gasteiger partial charge on any atom is -0.480 e. The number of aliphatic carboxylic acids is 1. The third kappa shape index (κ3) is 4.49. The lowest BCUT2D eigenvalue weighted by molar-refractivity contribution is -0.139. The minimum atomic E-state index is -0.728. The average Bonchev–Trinajstić information content (AvgIpc) is 3.05. The van der Waals surface area contributed by atoms with Crippen LogP contribution in [0.1, 0.15) is 39.5 Å². The van der Waals surface area contributed by atoms with Crippen LogP contribution in [0.15, 0.2) is 0 Å². The molecule has 1 saturated carbocycles. The number of hydrogen-bond donors (Lipinski definition) is 2. The second-order valence-electron chi connectivity index (χ2n) is 4.50. The molecule has 1 aliphatic rings. The van der Waals surface area contributed by atoms with Crippen molar-refractivity contribution in [1.82, 2.24) is 10.2 Å². The maximum Gasteiger partial charge on any atom is 0.320 e. The van der Waals surface area contributed by atoms with Gasteiger partial charge in [0.1, 0.15) is 6.04 Å². The fourth-order valence-electron chi connectivity index (χ4n) is 2.06. The highest BCUT2D eigenvalue weighted by Gasteiger charge is 2.29. The molecule has 0 aromatic heterocycles. The largest absolute Gasteiger partial charge is 0.480 e. The first kappa shape index (κ1) is 13.5. The van der Waals surface area contributed by atoms with Crippen LogP contribution < -0.4 is 5.32 Å². The number of hydrogen-bond acceptors (Lipinski definition) is 3. The Morgan fingerprint density at radius 1 is 1.44 bits per heavy atom. The topological polar surface area (TPSA) is 52.6 Å². The van der Waals surface area contributed by atoms with Crippen molar-refractivity contribution in [2.24, 2.45) is 0 Å². The van der Waals surface area contributed by atoms with Gasteiger partial charge in [-0.25, -0.2) is 0 Å². The molecule has 4 heteroatoms. The second-order valence-corrected chi connectivity index (χ2v) is 4.50. The number of nitrogens with one attached hydrogen (secondary N) is 1. The summed E-state index contributed by atoms with van der Waals surface area (Å²) in [6.45, 7) is 6.84. The first-order valence-corrected chi connectivity index (χ1v) is 6.39. The fraction of sp³-hybridized carbons (Fsp3) is 0.917. The monoisotopic (exact) mass is 228 g/mol. The summed E-state index contributed by atoms with van der Waals surface area (Å²) in [6.07, 6.45) is 4.44. The fourth-order valence-corrected chi connectivity index (χ4v) is 2.06. The van der Waals surface area contributed by atoms with Gasteiger partial charge < -0.3 is 15.3 Å². The molecule has 1 rings (SSSR count). The van der Waals surface area contributed by atoms with Crippen LogP contribution >= 0.6 is 0 Å². The van der Waals surface area contributed by atoms with E-state index in [1.54, 1.807) is 0 Å². The summed E-state index contributed by atoms with van der Waals surface area (Å²) in [5, 5.41) is 12.0. The lowest BCUT2D eigenvalue weighted by Gasteiger charge is -2.23. The molecule has 94 valence electrons. The molecule has 0 aliphatic heterocycles. The van der Waals surface area contributed by atoms with Crippen molar-refractivity contribution in [3.05, 3.63) is 0 Å². The highest BCUT2D eigenvalue weighted by atomic mass is 16.4. The molecule has 16 heavy (non-hydrogen) atoms. The molecule has 4 nitrogen and oxygen atoms in total. The van der Waals surface area contributed by atoms with Crippen molar-refractivity contribution >= 4 is 5.97 Å². The highest BCUT2D eigenvalue weighted by molar-refractivity contribution is 5.73. The summed E-state index contributed by atoms with van der Waals surface area (Å²) in [4.78, 5) is 13.4. The summed E-state index contributed by atoms with van der Waals surface area (Å²) in [6, 6.07) is 0.346. The van der Waals surface area contributed by atoms with Gasteiger partial charge in [-0.3, -0.25) is 4.79 Å². The van der Waals surface area contributed by atoms with Crippen molar-refractivity contribution < 1.29 is 9.90 Å². The molecule has 1 fully saturated rings.